The monoisotopic (exact) mass is 260 g/mol. The molecule has 0 radical (unpaired) electrons. The lowest BCUT2D eigenvalue weighted by molar-refractivity contribution is 0.0512. The van der Waals surface area contributed by atoms with Crippen LogP contribution in [-0.4, -0.2) is 22.5 Å². The van der Waals surface area contributed by atoms with Crippen LogP contribution in [0.1, 0.15) is 23.2 Å². The van der Waals surface area contributed by atoms with E-state index in [1.54, 1.807) is 32.0 Å². The predicted octanol–water partition coefficient (Wildman–Crippen LogP) is 2.77. The normalized spacial score (nSPS) is 10.3. The third kappa shape index (κ3) is 3.13. The summed E-state index contributed by atoms with van der Waals surface area (Å²) in [5.41, 5.74) is 1.94. The van der Waals surface area contributed by atoms with Crippen molar-refractivity contribution in [3.05, 3.63) is 47.7 Å². The van der Waals surface area contributed by atoms with Gasteiger partial charge in [-0.3, -0.25) is 0 Å². The number of hydrogen-bond donors (Lipinski definition) is 0. The van der Waals surface area contributed by atoms with E-state index in [0.29, 0.717) is 11.4 Å². The highest BCUT2D eigenvalue weighted by atomic mass is 19.1. The second-order valence-corrected chi connectivity index (χ2v) is 3.95. The van der Waals surface area contributed by atoms with Gasteiger partial charge in [-0.15, -0.1) is 0 Å². The molecule has 0 saturated carbocycles. The molecular formula is C14H13FN2O2. The molecule has 4 nitrogen and oxygen atoms in total. The highest BCUT2D eigenvalue weighted by Crippen LogP contribution is 2.18. The summed E-state index contributed by atoms with van der Waals surface area (Å²) in [5.74, 6) is -0.865. The fourth-order valence-electron chi connectivity index (χ4n) is 1.62. The average molecular weight is 260 g/mol. The quantitative estimate of drug-likeness (QED) is 0.796. The fourth-order valence-corrected chi connectivity index (χ4v) is 1.62. The Bertz CT molecular complexity index is 597. The Morgan fingerprint density at radius 3 is 2.58 bits per heavy atom. The van der Waals surface area contributed by atoms with Gasteiger partial charge in [0.15, 0.2) is 0 Å². The van der Waals surface area contributed by atoms with Crippen molar-refractivity contribution in [2.75, 3.05) is 6.61 Å². The number of carbonyl (C=O) groups excluding carboxylic acids is 1. The van der Waals surface area contributed by atoms with Gasteiger partial charge in [-0.05, 0) is 44.2 Å². The highest BCUT2D eigenvalue weighted by molar-refractivity contribution is 5.85. The van der Waals surface area contributed by atoms with Gasteiger partial charge in [0.05, 0.1) is 12.3 Å². The Balaban J connectivity index is 2.41. The number of carbonyl (C=O) groups is 1. The fraction of sp³-hybridized carbons (Fsp3) is 0.214. The number of benzene rings is 1. The number of ether oxygens (including phenoxy) is 1. The van der Waals surface area contributed by atoms with Crippen molar-refractivity contribution in [2.45, 2.75) is 13.8 Å². The summed E-state index contributed by atoms with van der Waals surface area (Å²) in [7, 11) is 0. The maximum Gasteiger partial charge on any atom is 0.376 e. The maximum absolute atomic E-state index is 12.9. The summed E-state index contributed by atoms with van der Waals surface area (Å²) in [5, 5.41) is 0. The van der Waals surface area contributed by atoms with Gasteiger partial charge in [0.25, 0.3) is 0 Å². The summed E-state index contributed by atoms with van der Waals surface area (Å²) in [6.45, 7) is 3.74. The summed E-state index contributed by atoms with van der Waals surface area (Å²) < 4.78 is 17.8. The molecular weight excluding hydrogens is 247 g/mol. The van der Waals surface area contributed by atoms with Crippen LogP contribution in [0, 0.1) is 12.7 Å². The van der Waals surface area contributed by atoms with Gasteiger partial charge in [-0.2, -0.15) is 0 Å². The van der Waals surface area contributed by atoms with Crippen LogP contribution in [0.3, 0.4) is 0 Å². The Kier molecular flexibility index (Phi) is 3.85. The van der Waals surface area contributed by atoms with Gasteiger partial charge in [-0.1, -0.05) is 0 Å². The van der Waals surface area contributed by atoms with Crippen LogP contribution in [0.2, 0.25) is 0 Å². The molecule has 0 atom stereocenters. The first kappa shape index (κ1) is 13.1. The maximum atomic E-state index is 12.9. The Morgan fingerprint density at radius 1 is 1.26 bits per heavy atom. The molecule has 0 spiro atoms. The summed E-state index contributed by atoms with van der Waals surface area (Å²) in [4.78, 5) is 19.8. The Hall–Kier alpha value is -2.30. The number of esters is 1. The first-order valence-corrected chi connectivity index (χ1v) is 5.89. The topological polar surface area (TPSA) is 52.1 Å². The molecule has 0 fully saturated rings. The van der Waals surface area contributed by atoms with Crippen LogP contribution in [0.5, 0.6) is 0 Å². The van der Waals surface area contributed by atoms with Crippen molar-refractivity contribution in [3.63, 3.8) is 0 Å². The van der Waals surface area contributed by atoms with Crippen LogP contribution in [0.15, 0.2) is 30.3 Å². The van der Waals surface area contributed by atoms with Gasteiger partial charge < -0.3 is 4.74 Å². The van der Waals surface area contributed by atoms with E-state index in [9.17, 15) is 9.18 Å². The number of nitrogens with zero attached hydrogens (tertiary/aromatic N) is 2. The highest BCUT2D eigenvalue weighted by Gasteiger charge is 2.13. The standard InChI is InChI=1S/C14H13FN2O2/c1-3-19-14(18)13-16-9(2)8-12(17-13)10-4-6-11(15)7-5-10/h4-8H,3H2,1-2H3. The van der Waals surface area contributed by atoms with Crippen molar-refractivity contribution in [2.24, 2.45) is 0 Å². The van der Waals surface area contributed by atoms with Crippen LogP contribution in [0.25, 0.3) is 11.3 Å². The minimum absolute atomic E-state index is 0.0150. The lowest BCUT2D eigenvalue weighted by Crippen LogP contribution is -2.11. The van der Waals surface area contributed by atoms with Crippen molar-refractivity contribution in [1.29, 1.82) is 0 Å². The summed E-state index contributed by atoms with van der Waals surface area (Å²) in [6.07, 6.45) is 0. The van der Waals surface area contributed by atoms with Crippen molar-refractivity contribution in [3.8, 4) is 11.3 Å². The molecule has 2 rings (SSSR count). The molecule has 1 aromatic heterocycles. The van der Waals surface area contributed by atoms with E-state index in [0.717, 1.165) is 5.56 Å². The molecule has 5 heteroatoms. The molecule has 1 heterocycles. The van der Waals surface area contributed by atoms with Gasteiger partial charge >= 0.3 is 5.97 Å². The molecule has 98 valence electrons. The minimum atomic E-state index is -0.561. The van der Waals surface area contributed by atoms with Gasteiger partial charge in [-0.25, -0.2) is 19.2 Å². The van der Waals surface area contributed by atoms with Crippen LogP contribution < -0.4 is 0 Å². The lowest BCUT2D eigenvalue weighted by atomic mass is 10.1. The third-order valence-electron chi connectivity index (χ3n) is 2.45. The zero-order valence-corrected chi connectivity index (χ0v) is 10.7. The Morgan fingerprint density at radius 2 is 1.95 bits per heavy atom. The van der Waals surface area contributed by atoms with Crippen LogP contribution in [-0.2, 0) is 4.74 Å². The van der Waals surface area contributed by atoms with E-state index < -0.39 is 5.97 Å². The Labute approximate surface area is 110 Å². The van der Waals surface area contributed by atoms with Crippen molar-refractivity contribution >= 4 is 5.97 Å². The van der Waals surface area contributed by atoms with E-state index in [4.69, 9.17) is 4.74 Å². The number of aryl methyl sites for hydroxylation is 1. The zero-order valence-electron chi connectivity index (χ0n) is 10.7. The molecule has 0 N–H and O–H groups in total. The molecule has 0 bridgehead atoms. The van der Waals surface area contributed by atoms with E-state index in [-0.39, 0.29) is 18.2 Å². The van der Waals surface area contributed by atoms with Gasteiger partial charge in [0, 0.05) is 11.3 Å². The smallest absolute Gasteiger partial charge is 0.376 e. The van der Waals surface area contributed by atoms with Crippen molar-refractivity contribution in [1.82, 2.24) is 9.97 Å². The van der Waals surface area contributed by atoms with E-state index >= 15 is 0 Å². The minimum Gasteiger partial charge on any atom is -0.460 e. The predicted molar refractivity (Wildman–Crippen MR) is 68.1 cm³/mol. The van der Waals surface area contributed by atoms with Crippen LogP contribution in [0.4, 0.5) is 4.39 Å². The number of hydrogen-bond acceptors (Lipinski definition) is 4. The molecule has 2 aromatic rings. The molecule has 0 amide bonds. The first-order valence-electron chi connectivity index (χ1n) is 5.89. The summed E-state index contributed by atoms with van der Waals surface area (Å²) >= 11 is 0. The number of rotatable bonds is 3. The number of aromatic nitrogens is 2. The molecule has 0 aliphatic heterocycles. The first-order chi connectivity index (χ1) is 9.10. The summed E-state index contributed by atoms with van der Waals surface area (Å²) in [6, 6.07) is 7.63. The average Bonchev–Trinajstić information content (AvgIpc) is 2.39. The molecule has 19 heavy (non-hydrogen) atoms. The van der Waals surface area contributed by atoms with E-state index in [1.165, 1.54) is 12.1 Å². The lowest BCUT2D eigenvalue weighted by Gasteiger charge is -2.05. The molecule has 1 aromatic carbocycles. The SMILES string of the molecule is CCOC(=O)c1nc(C)cc(-c2ccc(F)cc2)n1. The second-order valence-electron chi connectivity index (χ2n) is 3.95. The van der Waals surface area contributed by atoms with Crippen molar-refractivity contribution < 1.29 is 13.9 Å². The number of halogens is 1. The van der Waals surface area contributed by atoms with Gasteiger partial charge in [0.1, 0.15) is 5.82 Å². The molecule has 0 unspecified atom stereocenters. The van der Waals surface area contributed by atoms with Crippen LogP contribution >= 0.6 is 0 Å². The zero-order chi connectivity index (χ0) is 13.8. The molecule has 0 aliphatic carbocycles. The molecule has 0 aliphatic rings. The van der Waals surface area contributed by atoms with E-state index in [1.807, 2.05) is 0 Å². The largest absolute Gasteiger partial charge is 0.460 e. The third-order valence-corrected chi connectivity index (χ3v) is 2.45. The van der Waals surface area contributed by atoms with E-state index in [2.05, 4.69) is 9.97 Å². The second kappa shape index (κ2) is 5.56. The molecule has 0 saturated heterocycles. The van der Waals surface area contributed by atoms with Gasteiger partial charge in [0.2, 0.25) is 5.82 Å².